The smallest absolute Gasteiger partial charge is 0.233 e. The molecule has 1 aliphatic rings. The molecular formula is C11H21N3O4S. The Hall–Kier alpha value is -1.31. The van der Waals surface area contributed by atoms with Gasteiger partial charge in [0.2, 0.25) is 5.91 Å². The van der Waals surface area contributed by atoms with E-state index in [1.165, 1.54) is 0 Å². The largest absolute Gasteiger partial charge is 0.409 e. The minimum atomic E-state index is -3.09. The SMILES string of the molecule is CCC(C)(C(=O)NCC1CCCS1(=O)=O)C(N)=NO. The summed E-state index contributed by atoms with van der Waals surface area (Å²) in [5.74, 6) is -0.423. The highest BCUT2D eigenvalue weighted by molar-refractivity contribution is 7.92. The second-order valence-electron chi connectivity index (χ2n) is 5.01. The van der Waals surface area contributed by atoms with Crippen molar-refractivity contribution >= 4 is 21.6 Å². The van der Waals surface area contributed by atoms with Crippen molar-refractivity contribution in [2.24, 2.45) is 16.3 Å². The molecule has 2 unspecified atom stereocenters. The van der Waals surface area contributed by atoms with Crippen LogP contribution in [0.5, 0.6) is 0 Å². The topological polar surface area (TPSA) is 122 Å². The lowest BCUT2D eigenvalue weighted by atomic mass is 9.85. The quantitative estimate of drug-likeness (QED) is 0.281. The highest BCUT2D eigenvalue weighted by Gasteiger charge is 2.38. The highest BCUT2D eigenvalue weighted by Crippen LogP contribution is 2.23. The summed E-state index contributed by atoms with van der Waals surface area (Å²) < 4.78 is 23.3. The van der Waals surface area contributed by atoms with Gasteiger partial charge in [0.25, 0.3) is 0 Å². The average molecular weight is 291 g/mol. The van der Waals surface area contributed by atoms with Gasteiger partial charge in [-0.25, -0.2) is 8.42 Å². The second kappa shape index (κ2) is 5.77. The lowest BCUT2D eigenvalue weighted by molar-refractivity contribution is -0.127. The van der Waals surface area contributed by atoms with E-state index in [9.17, 15) is 13.2 Å². The first-order valence-corrected chi connectivity index (χ1v) is 7.97. The van der Waals surface area contributed by atoms with Crippen LogP contribution in [0.15, 0.2) is 5.16 Å². The Morgan fingerprint density at radius 1 is 1.58 bits per heavy atom. The molecule has 0 radical (unpaired) electrons. The van der Waals surface area contributed by atoms with E-state index in [0.29, 0.717) is 19.3 Å². The lowest BCUT2D eigenvalue weighted by Gasteiger charge is -2.25. The van der Waals surface area contributed by atoms with Crippen LogP contribution in [0.25, 0.3) is 0 Å². The summed E-state index contributed by atoms with van der Waals surface area (Å²) in [6, 6.07) is 0. The molecule has 1 aliphatic heterocycles. The predicted molar refractivity (Wildman–Crippen MR) is 71.6 cm³/mol. The van der Waals surface area contributed by atoms with Crippen LogP contribution in [0.1, 0.15) is 33.1 Å². The molecule has 1 heterocycles. The molecule has 0 spiro atoms. The van der Waals surface area contributed by atoms with Gasteiger partial charge in [0.1, 0.15) is 5.41 Å². The number of carbonyl (C=O) groups is 1. The zero-order chi connectivity index (χ0) is 14.7. The Kier molecular flexibility index (Phi) is 4.78. The normalized spacial score (nSPS) is 25.8. The summed E-state index contributed by atoms with van der Waals surface area (Å²) >= 11 is 0. The Balaban J connectivity index is 2.70. The number of oxime groups is 1. The van der Waals surface area contributed by atoms with Crippen LogP contribution in [0.3, 0.4) is 0 Å². The fraction of sp³-hybridized carbons (Fsp3) is 0.818. The fourth-order valence-corrected chi connectivity index (χ4v) is 3.82. The number of hydrogen-bond acceptors (Lipinski definition) is 5. The maximum atomic E-state index is 12.1. The van der Waals surface area contributed by atoms with Gasteiger partial charge in [-0.2, -0.15) is 0 Å². The van der Waals surface area contributed by atoms with E-state index >= 15 is 0 Å². The molecule has 1 saturated heterocycles. The maximum absolute atomic E-state index is 12.1. The molecule has 0 aromatic carbocycles. The van der Waals surface area contributed by atoms with Gasteiger partial charge < -0.3 is 16.3 Å². The van der Waals surface area contributed by atoms with Crippen molar-refractivity contribution < 1.29 is 18.4 Å². The number of nitrogens with zero attached hydrogens (tertiary/aromatic N) is 1. The molecule has 0 saturated carbocycles. The number of rotatable bonds is 5. The van der Waals surface area contributed by atoms with Crippen molar-refractivity contribution in [3.05, 3.63) is 0 Å². The van der Waals surface area contributed by atoms with E-state index in [4.69, 9.17) is 10.9 Å². The third-order valence-electron chi connectivity index (χ3n) is 3.83. The first-order valence-electron chi connectivity index (χ1n) is 6.25. The van der Waals surface area contributed by atoms with Gasteiger partial charge in [-0.1, -0.05) is 12.1 Å². The molecule has 110 valence electrons. The second-order valence-corrected chi connectivity index (χ2v) is 7.41. The summed E-state index contributed by atoms with van der Waals surface area (Å²) in [7, 11) is -3.09. The summed E-state index contributed by atoms with van der Waals surface area (Å²) in [6.07, 6.45) is 1.55. The van der Waals surface area contributed by atoms with Gasteiger partial charge in [-0.05, 0) is 26.2 Å². The van der Waals surface area contributed by atoms with Crippen molar-refractivity contribution in [1.82, 2.24) is 5.32 Å². The van der Waals surface area contributed by atoms with E-state index in [2.05, 4.69) is 10.5 Å². The van der Waals surface area contributed by atoms with Crippen LogP contribution >= 0.6 is 0 Å². The van der Waals surface area contributed by atoms with Gasteiger partial charge >= 0.3 is 0 Å². The number of sulfone groups is 1. The molecule has 19 heavy (non-hydrogen) atoms. The summed E-state index contributed by atoms with van der Waals surface area (Å²) in [4.78, 5) is 12.1. The van der Waals surface area contributed by atoms with Crippen molar-refractivity contribution in [2.75, 3.05) is 12.3 Å². The first-order chi connectivity index (χ1) is 8.78. The molecule has 0 aliphatic carbocycles. The molecule has 7 nitrogen and oxygen atoms in total. The van der Waals surface area contributed by atoms with Gasteiger partial charge in [0.05, 0.1) is 11.0 Å². The van der Waals surface area contributed by atoms with Crippen LogP contribution in [-0.4, -0.2) is 42.9 Å². The fourth-order valence-electron chi connectivity index (χ4n) is 2.06. The maximum Gasteiger partial charge on any atom is 0.233 e. The zero-order valence-corrected chi connectivity index (χ0v) is 12.0. The molecular weight excluding hydrogens is 270 g/mol. The molecule has 1 amide bonds. The monoisotopic (exact) mass is 291 g/mol. The van der Waals surface area contributed by atoms with Gasteiger partial charge in [0.15, 0.2) is 15.7 Å². The van der Waals surface area contributed by atoms with E-state index in [0.717, 1.165) is 0 Å². The number of amidine groups is 1. The van der Waals surface area contributed by atoms with E-state index in [-0.39, 0.29) is 18.1 Å². The lowest BCUT2D eigenvalue weighted by Crippen LogP contribution is -2.49. The van der Waals surface area contributed by atoms with Crippen molar-refractivity contribution in [3.63, 3.8) is 0 Å². The van der Waals surface area contributed by atoms with Crippen molar-refractivity contribution in [1.29, 1.82) is 0 Å². The van der Waals surface area contributed by atoms with Gasteiger partial charge in [-0.15, -0.1) is 0 Å². The molecule has 2 atom stereocenters. The van der Waals surface area contributed by atoms with Crippen LogP contribution in [0, 0.1) is 5.41 Å². The van der Waals surface area contributed by atoms with Crippen LogP contribution in [0.4, 0.5) is 0 Å². The molecule has 1 rings (SSSR count). The molecule has 1 fully saturated rings. The summed E-state index contributed by atoms with van der Waals surface area (Å²) in [5, 5.41) is 13.7. The highest BCUT2D eigenvalue weighted by atomic mass is 32.2. The standard InChI is InChI=1S/C11H21N3O4S/c1-3-11(2,9(12)14-16)10(15)13-7-8-5-4-6-19(8,17)18/h8,16H,3-7H2,1-2H3,(H2,12,14)(H,13,15). The molecule has 8 heteroatoms. The zero-order valence-electron chi connectivity index (χ0n) is 11.2. The molecule has 0 bridgehead atoms. The van der Waals surface area contributed by atoms with Crippen LogP contribution in [-0.2, 0) is 14.6 Å². The Morgan fingerprint density at radius 2 is 2.21 bits per heavy atom. The van der Waals surface area contributed by atoms with Crippen LogP contribution in [0.2, 0.25) is 0 Å². The number of nitrogens with one attached hydrogen (secondary N) is 1. The number of hydrogen-bond donors (Lipinski definition) is 3. The molecule has 0 aromatic rings. The van der Waals surface area contributed by atoms with E-state index < -0.39 is 26.4 Å². The Labute approximate surface area is 113 Å². The Morgan fingerprint density at radius 3 is 2.63 bits per heavy atom. The number of carbonyl (C=O) groups excluding carboxylic acids is 1. The number of amides is 1. The summed E-state index contributed by atoms with van der Waals surface area (Å²) in [6.45, 7) is 3.37. The number of nitrogens with two attached hydrogens (primary N) is 1. The van der Waals surface area contributed by atoms with Crippen molar-refractivity contribution in [2.45, 2.75) is 38.4 Å². The third kappa shape index (κ3) is 3.17. The molecule has 0 aromatic heterocycles. The first kappa shape index (κ1) is 15.7. The summed E-state index contributed by atoms with van der Waals surface area (Å²) in [5.41, 5.74) is 4.39. The van der Waals surface area contributed by atoms with E-state index in [1.54, 1.807) is 13.8 Å². The predicted octanol–water partition coefficient (Wildman–Crippen LogP) is -0.157. The van der Waals surface area contributed by atoms with Gasteiger partial charge in [-0.3, -0.25) is 4.79 Å². The van der Waals surface area contributed by atoms with Gasteiger partial charge in [0, 0.05) is 6.54 Å². The third-order valence-corrected chi connectivity index (χ3v) is 6.11. The molecule has 4 N–H and O–H groups in total. The van der Waals surface area contributed by atoms with Crippen molar-refractivity contribution in [3.8, 4) is 0 Å². The van der Waals surface area contributed by atoms with E-state index in [1.807, 2.05) is 0 Å². The Bertz CT molecular complexity index is 474. The average Bonchev–Trinajstić information content (AvgIpc) is 2.72. The minimum absolute atomic E-state index is 0.0788. The minimum Gasteiger partial charge on any atom is -0.409 e. The van der Waals surface area contributed by atoms with Crippen LogP contribution < -0.4 is 11.1 Å².